The molecule has 0 fully saturated rings. The Labute approximate surface area is 91.1 Å². The third-order valence-corrected chi connectivity index (χ3v) is 2.88. The highest BCUT2D eigenvalue weighted by molar-refractivity contribution is 9.10. The van der Waals surface area contributed by atoms with Crippen molar-refractivity contribution in [2.45, 2.75) is 26.7 Å². The highest BCUT2D eigenvalue weighted by Gasteiger charge is 2.09. The second kappa shape index (κ2) is 3.69. The van der Waals surface area contributed by atoms with Crippen LogP contribution in [0.3, 0.4) is 0 Å². The zero-order valence-corrected chi connectivity index (χ0v) is 9.85. The van der Waals surface area contributed by atoms with Crippen LogP contribution in [0, 0.1) is 0 Å². The van der Waals surface area contributed by atoms with Crippen LogP contribution in [0.2, 0.25) is 0 Å². The van der Waals surface area contributed by atoms with E-state index in [1.54, 1.807) is 0 Å². The van der Waals surface area contributed by atoms with Crippen molar-refractivity contribution < 1.29 is 0 Å². The summed E-state index contributed by atoms with van der Waals surface area (Å²) in [6, 6.07) is 0. The van der Waals surface area contributed by atoms with Gasteiger partial charge in [-0.05, 0) is 22.4 Å². The lowest BCUT2D eigenvalue weighted by Gasteiger charge is -2.02. The topological polar surface area (TPSA) is 41.6 Å². The molecule has 2 aromatic rings. The second-order valence-corrected chi connectivity index (χ2v) is 4.01. The summed E-state index contributed by atoms with van der Waals surface area (Å²) in [6.45, 7) is 4.18. The molecule has 0 amide bonds. The van der Waals surface area contributed by atoms with Crippen LogP contribution >= 0.6 is 15.9 Å². The molecule has 2 rings (SSSR count). The van der Waals surface area contributed by atoms with Crippen molar-refractivity contribution in [3.63, 3.8) is 0 Å². The molecule has 0 atom stereocenters. The summed E-state index contributed by atoms with van der Waals surface area (Å²) in [5.74, 6) is 0.906. The van der Waals surface area contributed by atoms with Gasteiger partial charge >= 0.3 is 0 Å². The number of hydrogen-bond acceptors (Lipinski definition) is 2. The fraction of sp³-hybridized carbons (Fsp3) is 0.400. The lowest BCUT2D eigenvalue weighted by atomic mass is 10.2. The number of aromatic amines is 1. The van der Waals surface area contributed by atoms with E-state index in [1.807, 2.05) is 6.20 Å². The van der Waals surface area contributed by atoms with Crippen LogP contribution in [0.4, 0.5) is 0 Å². The number of halogens is 1. The van der Waals surface area contributed by atoms with Gasteiger partial charge in [-0.15, -0.1) is 0 Å². The normalized spacial score (nSPS) is 11.1. The molecule has 0 spiro atoms. The van der Waals surface area contributed by atoms with Crippen LogP contribution in [-0.4, -0.2) is 15.0 Å². The zero-order valence-electron chi connectivity index (χ0n) is 8.26. The van der Waals surface area contributed by atoms with Gasteiger partial charge < -0.3 is 4.98 Å². The molecular weight excluding hydrogens is 242 g/mol. The number of H-pyrrole nitrogens is 1. The maximum absolute atomic E-state index is 4.51. The number of nitrogens with zero attached hydrogens (tertiary/aromatic N) is 2. The molecule has 4 heteroatoms. The van der Waals surface area contributed by atoms with Crippen LogP contribution in [0.25, 0.3) is 11.0 Å². The van der Waals surface area contributed by atoms with E-state index in [0.29, 0.717) is 0 Å². The lowest BCUT2D eigenvalue weighted by Crippen LogP contribution is -1.98. The Hall–Kier alpha value is -0.900. The quantitative estimate of drug-likeness (QED) is 0.895. The number of aryl methyl sites for hydroxylation is 2. The SMILES string of the molecule is CCc1nc(CC)c2c(Br)c[nH]c2n1. The monoisotopic (exact) mass is 253 g/mol. The molecule has 0 radical (unpaired) electrons. The molecule has 14 heavy (non-hydrogen) atoms. The summed E-state index contributed by atoms with van der Waals surface area (Å²) in [7, 11) is 0. The van der Waals surface area contributed by atoms with Crippen molar-refractivity contribution in [1.29, 1.82) is 0 Å². The molecule has 3 nitrogen and oxygen atoms in total. The fourth-order valence-electron chi connectivity index (χ4n) is 1.53. The standard InChI is InChI=1S/C10H12BrN3/c1-3-7-9-6(11)5-12-10(9)14-8(4-2)13-7/h5H,3-4H2,1-2H3,(H,12,13,14). The first-order valence-corrected chi connectivity index (χ1v) is 5.58. The van der Waals surface area contributed by atoms with Gasteiger partial charge in [-0.3, -0.25) is 0 Å². The average molecular weight is 254 g/mol. The van der Waals surface area contributed by atoms with Crippen LogP contribution in [0.5, 0.6) is 0 Å². The highest BCUT2D eigenvalue weighted by atomic mass is 79.9. The summed E-state index contributed by atoms with van der Waals surface area (Å²) in [5, 5.41) is 1.12. The molecule has 1 N–H and O–H groups in total. The Morgan fingerprint density at radius 2 is 2.07 bits per heavy atom. The fourth-order valence-corrected chi connectivity index (χ4v) is 2.06. The van der Waals surface area contributed by atoms with Crippen molar-refractivity contribution in [3.05, 3.63) is 22.2 Å². The molecule has 0 aromatic carbocycles. The molecule has 2 heterocycles. The Morgan fingerprint density at radius 1 is 1.29 bits per heavy atom. The maximum atomic E-state index is 4.51. The first-order chi connectivity index (χ1) is 6.76. The van der Waals surface area contributed by atoms with Gasteiger partial charge in [-0.1, -0.05) is 13.8 Å². The Morgan fingerprint density at radius 3 is 2.71 bits per heavy atom. The van der Waals surface area contributed by atoms with Crippen LogP contribution < -0.4 is 0 Å². The van der Waals surface area contributed by atoms with Gasteiger partial charge in [-0.2, -0.15) is 0 Å². The Balaban J connectivity index is 2.76. The van der Waals surface area contributed by atoms with Crippen LogP contribution in [0.15, 0.2) is 10.7 Å². The summed E-state index contributed by atoms with van der Waals surface area (Å²) >= 11 is 3.49. The summed E-state index contributed by atoms with van der Waals surface area (Å²) in [4.78, 5) is 12.1. The number of nitrogens with one attached hydrogen (secondary N) is 1. The van der Waals surface area contributed by atoms with Gasteiger partial charge in [0.2, 0.25) is 0 Å². The predicted octanol–water partition coefficient (Wildman–Crippen LogP) is 2.85. The van der Waals surface area contributed by atoms with Crippen molar-refractivity contribution in [2.24, 2.45) is 0 Å². The van der Waals surface area contributed by atoms with Gasteiger partial charge in [0.1, 0.15) is 11.5 Å². The van der Waals surface area contributed by atoms with E-state index in [4.69, 9.17) is 0 Å². The van der Waals surface area contributed by atoms with Crippen LogP contribution in [-0.2, 0) is 12.8 Å². The number of fused-ring (bicyclic) bond motifs is 1. The maximum Gasteiger partial charge on any atom is 0.142 e. The molecule has 0 aliphatic rings. The van der Waals surface area contributed by atoms with Crippen molar-refractivity contribution in [1.82, 2.24) is 15.0 Å². The molecule has 0 unspecified atom stereocenters. The minimum absolute atomic E-state index is 0.875. The van der Waals surface area contributed by atoms with Gasteiger partial charge in [0.15, 0.2) is 0 Å². The number of rotatable bonds is 2. The number of aromatic nitrogens is 3. The number of hydrogen-bond donors (Lipinski definition) is 1. The average Bonchev–Trinajstić information content (AvgIpc) is 2.59. The Kier molecular flexibility index (Phi) is 2.54. The van der Waals surface area contributed by atoms with Crippen molar-refractivity contribution in [3.8, 4) is 0 Å². The molecular formula is C10H12BrN3. The van der Waals surface area contributed by atoms with E-state index in [-0.39, 0.29) is 0 Å². The highest BCUT2D eigenvalue weighted by Crippen LogP contribution is 2.25. The van der Waals surface area contributed by atoms with E-state index >= 15 is 0 Å². The van der Waals surface area contributed by atoms with Crippen molar-refractivity contribution >= 4 is 27.0 Å². The second-order valence-electron chi connectivity index (χ2n) is 3.15. The van der Waals surface area contributed by atoms with Gasteiger partial charge in [0, 0.05) is 17.1 Å². The molecule has 0 bridgehead atoms. The molecule has 2 aromatic heterocycles. The van der Waals surface area contributed by atoms with Gasteiger partial charge in [0.25, 0.3) is 0 Å². The van der Waals surface area contributed by atoms with E-state index < -0.39 is 0 Å². The minimum atomic E-state index is 0.875. The lowest BCUT2D eigenvalue weighted by molar-refractivity contribution is 0.909. The van der Waals surface area contributed by atoms with E-state index in [0.717, 1.165) is 39.9 Å². The van der Waals surface area contributed by atoms with Gasteiger partial charge in [0.05, 0.1) is 11.1 Å². The Bertz CT molecular complexity index is 462. The molecule has 0 saturated heterocycles. The largest absolute Gasteiger partial charge is 0.345 e. The predicted molar refractivity (Wildman–Crippen MR) is 60.3 cm³/mol. The first-order valence-electron chi connectivity index (χ1n) is 4.78. The minimum Gasteiger partial charge on any atom is -0.345 e. The van der Waals surface area contributed by atoms with E-state index in [1.165, 1.54) is 0 Å². The summed E-state index contributed by atoms with van der Waals surface area (Å²) < 4.78 is 1.05. The summed E-state index contributed by atoms with van der Waals surface area (Å²) in [5.41, 5.74) is 2.04. The van der Waals surface area contributed by atoms with E-state index in [9.17, 15) is 0 Å². The molecule has 0 saturated carbocycles. The van der Waals surface area contributed by atoms with Crippen molar-refractivity contribution in [2.75, 3.05) is 0 Å². The summed E-state index contributed by atoms with van der Waals surface area (Å²) in [6.07, 6.45) is 3.72. The first kappa shape index (κ1) is 9.65. The molecule has 0 aliphatic heterocycles. The molecule has 0 aliphatic carbocycles. The smallest absolute Gasteiger partial charge is 0.142 e. The van der Waals surface area contributed by atoms with E-state index in [2.05, 4.69) is 44.7 Å². The third kappa shape index (κ3) is 1.43. The zero-order chi connectivity index (χ0) is 10.1. The van der Waals surface area contributed by atoms with Crippen LogP contribution in [0.1, 0.15) is 25.4 Å². The van der Waals surface area contributed by atoms with Gasteiger partial charge in [-0.25, -0.2) is 9.97 Å². The third-order valence-electron chi connectivity index (χ3n) is 2.26. The molecule has 74 valence electrons.